The van der Waals surface area contributed by atoms with Gasteiger partial charge in [0.15, 0.2) is 0 Å². The van der Waals surface area contributed by atoms with Crippen LogP contribution >= 0.6 is 0 Å². The summed E-state index contributed by atoms with van der Waals surface area (Å²) in [6.07, 6.45) is 4.94. The third-order valence-electron chi connectivity index (χ3n) is 2.60. The average molecular weight is 208 g/mol. The molecule has 1 fully saturated rings. The third-order valence-corrected chi connectivity index (χ3v) is 2.60. The summed E-state index contributed by atoms with van der Waals surface area (Å²) in [5.41, 5.74) is 8.01. The van der Waals surface area contributed by atoms with Gasteiger partial charge in [-0.25, -0.2) is 5.84 Å². The summed E-state index contributed by atoms with van der Waals surface area (Å²) in [7, 11) is 0. The first-order chi connectivity index (χ1) is 7.28. The molecule has 1 heterocycles. The molecule has 1 aliphatic carbocycles. The molecule has 1 aromatic heterocycles. The summed E-state index contributed by atoms with van der Waals surface area (Å²) in [5, 5.41) is 3.33. The lowest BCUT2D eigenvalue weighted by molar-refractivity contribution is 0.750. The van der Waals surface area contributed by atoms with Gasteiger partial charge in [-0.05, 0) is 12.8 Å². The summed E-state index contributed by atoms with van der Waals surface area (Å²) >= 11 is 0. The summed E-state index contributed by atoms with van der Waals surface area (Å²) in [4.78, 5) is 8.02. The van der Waals surface area contributed by atoms with E-state index in [1.807, 2.05) is 0 Å². The van der Waals surface area contributed by atoms with E-state index in [9.17, 15) is 0 Å². The van der Waals surface area contributed by atoms with Gasteiger partial charge < -0.3 is 16.5 Å². The molecular formula is C9H16N6. The first-order valence-corrected chi connectivity index (χ1v) is 5.15. The van der Waals surface area contributed by atoms with Crippen molar-refractivity contribution >= 4 is 17.6 Å². The molecule has 0 saturated heterocycles. The summed E-state index contributed by atoms with van der Waals surface area (Å²) in [6, 6.07) is 2.26. The molecule has 0 atom stereocenters. The van der Waals surface area contributed by atoms with E-state index in [1.165, 1.54) is 25.7 Å². The highest BCUT2D eigenvalue weighted by Crippen LogP contribution is 2.22. The van der Waals surface area contributed by atoms with Crippen molar-refractivity contribution < 1.29 is 0 Å². The Morgan fingerprint density at radius 2 is 1.87 bits per heavy atom. The molecule has 1 aliphatic rings. The van der Waals surface area contributed by atoms with Crippen molar-refractivity contribution in [3.63, 3.8) is 0 Å². The van der Waals surface area contributed by atoms with Crippen LogP contribution in [0.2, 0.25) is 0 Å². The van der Waals surface area contributed by atoms with E-state index in [-0.39, 0.29) is 5.95 Å². The highest BCUT2D eigenvalue weighted by Gasteiger charge is 2.15. The van der Waals surface area contributed by atoms with Gasteiger partial charge in [-0.2, -0.15) is 9.97 Å². The molecule has 2 rings (SSSR count). The lowest BCUT2D eigenvalue weighted by Gasteiger charge is -2.13. The molecule has 0 unspecified atom stereocenters. The molecule has 1 saturated carbocycles. The second-order valence-electron chi connectivity index (χ2n) is 3.77. The van der Waals surface area contributed by atoms with Gasteiger partial charge in [-0.1, -0.05) is 12.8 Å². The van der Waals surface area contributed by atoms with Crippen LogP contribution < -0.4 is 22.3 Å². The Hall–Kier alpha value is -1.56. The summed E-state index contributed by atoms with van der Waals surface area (Å²) < 4.78 is 0. The zero-order valence-corrected chi connectivity index (χ0v) is 8.53. The molecule has 0 spiro atoms. The zero-order valence-electron chi connectivity index (χ0n) is 8.53. The Labute approximate surface area is 88.4 Å². The standard InChI is InChI=1S/C9H16N6/c10-9-13-7(5-8(14-9)15-11)12-6-3-1-2-4-6/h5-6H,1-4,11H2,(H4,10,12,13,14,15). The smallest absolute Gasteiger partial charge is 0.223 e. The van der Waals surface area contributed by atoms with Crippen molar-refractivity contribution in [1.82, 2.24) is 9.97 Å². The maximum atomic E-state index is 5.55. The fourth-order valence-corrected chi connectivity index (χ4v) is 1.89. The van der Waals surface area contributed by atoms with E-state index in [0.29, 0.717) is 11.9 Å². The topological polar surface area (TPSA) is 102 Å². The second kappa shape index (κ2) is 4.31. The molecule has 0 aromatic carbocycles. The Kier molecular flexibility index (Phi) is 2.86. The van der Waals surface area contributed by atoms with Gasteiger partial charge in [-0.15, -0.1) is 0 Å². The van der Waals surface area contributed by atoms with E-state index < -0.39 is 0 Å². The number of hydrogen-bond donors (Lipinski definition) is 4. The molecule has 6 N–H and O–H groups in total. The third kappa shape index (κ3) is 2.47. The first-order valence-electron chi connectivity index (χ1n) is 5.15. The van der Waals surface area contributed by atoms with Crippen molar-refractivity contribution in [2.75, 3.05) is 16.5 Å². The van der Waals surface area contributed by atoms with Crippen LogP contribution in [0.4, 0.5) is 17.6 Å². The zero-order chi connectivity index (χ0) is 10.7. The Balaban J connectivity index is 2.09. The molecule has 82 valence electrons. The minimum absolute atomic E-state index is 0.228. The molecule has 0 radical (unpaired) electrons. The highest BCUT2D eigenvalue weighted by atomic mass is 15.3. The van der Waals surface area contributed by atoms with Crippen LogP contribution in [0.15, 0.2) is 6.07 Å². The molecule has 0 amide bonds. The number of nitrogens with one attached hydrogen (secondary N) is 2. The summed E-state index contributed by atoms with van der Waals surface area (Å²) in [6.45, 7) is 0. The van der Waals surface area contributed by atoms with Crippen LogP contribution in [-0.2, 0) is 0 Å². The largest absolute Gasteiger partial charge is 0.368 e. The monoisotopic (exact) mass is 208 g/mol. The molecule has 1 aromatic rings. The number of nitrogens with zero attached hydrogens (tertiary/aromatic N) is 2. The van der Waals surface area contributed by atoms with Gasteiger partial charge in [0.25, 0.3) is 0 Å². The van der Waals surface area contributed by atoms with Crippen LogP contribution in [0.1, 0.15) is 25.7 Å². The van der Waals surface area contributed by atoms with E-state index in [2.05, 4.69) is 20.7 Å². The molecule has 15 heavy (non-hydrogen) atoms. The second-order valence-corrected chi connectivity index (χ2v) is 3.77. The average Bonchev–Trinajstić information content (AvgIpc) is 2.69. The molecular weight excluding hydrogens is 192 g/mol. The van der Waals surface area contributed by atoms with Crippen LogP contribution in [0.3, 0.4) is 0 Å². The lowest BCUT2D eigenvalue weighted by Crippen LogP contribution is -2.17. The SMILES string of the molecule is NNc1cc(NC2CCCC2)nc(N)n1. The van der Waals surface area contributed by atoms with E-state index in [4.69, 9.17) is 11.6 Å². The number of anilines is 3. The van der Waals surface area contributed by atoms with Crippen LogP contribution in [0, 0.1) is 0 Å². The number of hydrogen-bond acceptors (Lipinski definition) is 6. The van der Waals surface area contributed by atoms with Crippen molar-refractivity contribution in [2.24, 2.45) is 5.84 Å². The Morgan fingerprint density at radius 3 is 2.53 bits per heavy atom. The number of nitrogens with two attached hydrogens (primary N) is 2. The fraction of sp³-hybridized carbons (Fsp3) is 0.556. The van der Waals surface area contributed by atoms with Crippen LogP contribution in [0.25, 0.3) is 0 Å². The maximum absolute atomic E-state index is 5.55. The van der Waals surface area contributed by atoms with Crippen molar-refractivity contribution in [1.29, 1.82) is 0 Å². The quantitative estimate of drug-likeness (QED) is 0.431. The molecule has 6 nitrogen and oxygen atoms in total. The minimum Gasteiger partial charge on any atom is -0.368 e. The van der Waals surface area contributed by atoms with Gasteiger partial charge in [0.2, 0.25) is 5.95 Å². The van der Waals surface area contributed by atoms with Gasteiger partial charge in [-0.3, -0.25) is 0 Å². The van der Waals surface area contributed by atoms with Crippen molar-refractivity contribution in [3.8, 4) is 0 Å². The number of aromatic nitrogens is 2. The molecule has 0 aliphatic heterocycles. The van der Waals surface area contributed by atoms with Crippen molar-refractivity contribution in [3.05, 3.63) is 6.07 Å². The highest BCUT2D eigenvalue weighted by molar-refractivity contribution is 5.50. The van der Waals surface area contributed by atoms with E-state index in [0.717, 1.165) is 5.82 Å². The van der Waals surface area contributed by atoms with Gasteiger partial charge in [0.05, 0.1) is 0 Å². The first kappa shape index (κ1) is 9.97. The van der Waals surface area contributed by atoms with E-state index >= 15 is 0 Å². The molecule has 6 heteroatoms. The Morgan fingerprint density at radius 1 is 1.20 bits per heavy atom. The predicted molar refractivity (Wildman–Crippen MR) is 60.1 cm³/mol. The van der Waals surface area contributed by atoms with Gasteiger partial charge in [0.1, 0.15) is 11.6 Å². The van der Waals surface area contributed by atoms with Gasteiger partial charge >= 0.3 is 0 Å². The van der Waals surface area contributed by atoms with Crippen LogP contribution in [0.5, 0.6) is 0 Å². The van der Waals surface area contributed by atoms with Crippen LogP contribution in [-0.4, -0.2) is 16.0 Å². The number of rotatable bonds is 3. The van der Waals surface area contributed by atoms with Crippen molar-refractivity contribution in [2.45, 2.75) is 31.7 Å². The normalized spacial score (nSPS) is 16.6. The minimum atomic E-state index is 0.228. The van der Waals surface area contributed by atoms with Gasteiger partial charge in [0, 0.05) is 12.1 Å². The van der Waals surface area contributed by atoms with E-state index in [1.54, 1.807) is 6.07 Å². The number of hydrazine groups is 1. The predicted octanol–water partition coefficient (Wildman–Crippen LogP) is 0.699. The summed E-state index contributed by atoms with van der Waals surface area (Å²) in [5.74, 6) is 6.77. The Bertz CT molecular complexity index is 333. The fourth-order valence-electron chi connectivity index (χ4n) is 1.89. The molecule has 0 bridgehead atoms. The maximum Gasteiger partial charge on any atom is 0.223 e. The number of nitrogen functional groups attached to an aromatic ring is 2. The lowest BCUT2D eigenvalue weighted by atomic mass is 10.2.